The maximum absolute atomic E-state index is 4.53. The van der Waals surface area contributed by atoms with Gasteiger partial charge >= 0.3 is 0 Å². The van der Waals surface area contributed by atoms with Crippen molar-refractivity contribution in [1.29, 1.82) is 0 Å². The Labute approximate surface area is 125 Å². The number of aromatic nitrogens is 1. The summed E-state index contributed by atoms with van der Waals surface area (Å²) in [5.74, 6) is 0. The first kappa shape index (κ1) is 13.7. The van der Waals surface area contributed by atoms with Gasteiger partial charge in [0.15, 0.2) is 0 Å². The van der Waals surface area contributed by atoms with E-state index in [2.05, 4.69) is 47.6 Å². The number of nitrogens with zero attached hydrogens (tertiary/aromatic N) is 1. The number of aryl methyl sites for hydroxylation is 2. The maximum Gasteiger partial charge on any atom is 0.0571 e. The summed E-state index contributed by atoms with van der Waals surface area (Å²) in [7, 11) is 1.96. The summed E-state index contributed by atoms with van der Waals surface area (Å²) >= 11 is 1.80. The predicted molar refractivity (Wildman–Crippen MR) is 84.3 cm³/mol. The highest BCUT2D eigenvalue weighted by Gasteiger charge is 2.11. The van der Waals surface area contributed by atoms with Gasteiger partial charge in [0.1, 0.15) is 0 Å². The zero-order valence-electron chi connectivity index (χ0n) is 12.0. The van der Waals surface area contributed by atoms with E-state index < -0.39 is 0 Å². The Hall–Kier alpha value is -1.32. The second-order valence-electron chi connectivity index (χ2n) is 5.32. The number of pyridine rings is 1. The van der Waals surface area contributed by atoms with Crippen molar-refractivity contribution in [2.45, 2.75) is 42.0 Å². The summed E-state index contributed by atoms with van der Waals surface area (Å²) in [5, 5.41) is 3.21. The second-order valence-corrected chi connectivity index (χ2v) is 6.46. The third-order valence-electron chi connectivity index (χ3n) is 3.94. The SMILES string of the molecule is CNC(C)c1ccc(Sc2ccc3c(c2)CCC3)cn1. The summed E-state index contributed by atoms with van der Waals surface area (Å²) < 4.78 is 0. The van der Waals surface area contributed by atoms with Gasteiger partial charge in [0.05, 0.1) is 5.69 Å². The smallest absolute Gasteiger partial charge is 0.0571 e. The van der Waals surface area contributed by atoms with Crippen LogP contribution in [0.1, 0.15) is 36.2 Å². The summed E-state index contributed by atoms with van der Waals surface area (Å²) in [6.07, 6.45) is 5.77. The van der Waals surface area contributed by atoms with Crippen LogP contribution in [-0.4, -0.2) is 12.0 Å². The van der Waals surface area contributed by atoms with E-state index in [4.69, 9.17) is 0 Å². The summed E-state index contributed by atoms with van der Waals surface area (Å²) in [4.78, 5) is 7.06. The lowest BCUT2D eigenvalue weighted by atomic mass is 10.1. The Balaban J connectivity index is 1.74. The normalized spacial score (nSPS) is 15.1. The van der Waals surface area contributed by atoms with E-state index in [0.717, 1.165) is 5.69 Å². The molecule has 3 rings (SSSR count). The van der Waals surface area contributed by atoms with Gasteiger partial charge in [0.2, 0.25) is 0 Å². The fourth-order valence-corrected chi connectivity index (χ4v) is 3.45. The Morgan fingerprint density at radius 1 is 1.10 bits per heavy atom. The van der Waals surface area contributed by atoms with Crippen LogP contribution in [0.25, 0.3) is 0 Å². The minimum Gasteiger partial charge on any atom is -0.312 e. The molecule has 1 N–H and O–H groups in total. The molecule has 104 valence electrons. The molecular formula is C17H20N2S. The van der Waals surface area contributed by atoms with Crippen LogP contribution in [-0.2, 0) is 12.8 Å². The average Bonchev–Trinajstić information content (AvgIpc) is 2.95. The van der Waals surface area contributed by atoms with E-state index in [-0.39, 0.29) is 0 Å². The predicted octanol–water partition coefficient (Wildman–Crippen LogP) is 4.00. The van der Waals surface area contributed by atoms with Crippen molar-refractivity contribution in [1.82, 2.24) is 10.3 Å². The Morgan fingerprint density at radius 2 is 1.90 bits per heavy atom. The van der Waals surface area contributed by atoms with Crippen molar-refractivity contribution < 1.29 is 0 Å². The first-order valence-electron chi connectivity index (χ1n) is 7.19. The fraction of sp³-hybridized carbons (Fsp3) is 0.353. The molecule has 0 saturated heterocycles. The largest absolute Gasteiger partial charge is 0.312 e. The van der Waals surface area contributed by atoms with Crippen molar-refractivity contribution in [2.75, 3.05) is 7.05 Å². The van der Waals surface area contributed by atoms with E-state index in [0.29, 0.717) is 6.04 Å². The number of benzene rings is 1. The van der Waals surface area contributed by atoms with E-state index in [1.54, 1.807) is 11.8 Å². The minimum absolute atomic E-state index is 0.300. The number of hydrogen-bond donors (Lipinski definition) is 1. The highest BCUT2D eigenvalue weighted by Crippen LogP contribution is 2.31. The first-order chi connectivity index (χ1) is 9.76. The maximum atomic E-state index is 4.53. The quantitative estimate of drug-likeness (QED) is 0.918. The summed E-state index contributed by atoms with van der Waals surface area (Å²) in [5.41, 5.74) is 4.15. The molecular weight excluding hydrogens is 264 g/mol. The lowest BCUT2D eigenvalue weighted by Gasteiger charge is -2.10. The summed E-state index contributed by atoms with van der Waals surface area (Å²) in [6, 6.07) is 11.4. The molecule has 1 aromatic carbocycles. The molecule has 2 aromatic rings. The van der Waals surface area contributed by atoms with Crippen molar-refractivity contribution in [2.24, 2.45) is 0 Å². The van der Waals surface area contributed by atoms with Gasteiger partial charge in [-0.1, -0.05) is 17.8 Å². The lowest BCUT2D eigenvalue weighted by molar-refractivity contribution is 0.631. The van der Waals surface area contributed by atoms with Gasteiger partial charge in [-0.2, -0.15) is 0 Å². The zero-order chi connectivity index (χ0) is 13.9. The summed E-state index contributed by atoms with van der Waals surface area (Å²) in [6.45, 7) is 2.12. The van der Waals surface area contributed by atoms with Crippen LogP contribution >= 0.6 is 11.8 Å². The van der Waals surface area contributed by atoms with E-state index in [9.17, 15) is 0 Å². The highest BCUT2D eigenvalue weighted by atomic mass is 32.2. The lowest BCUT2D eigenvalue weighted by Crippen LogP contribution is -2.13. The minimum atomic E-state index is 0.300. The molecule has 3 heteroatoms. The molecule has 1 aromatic heterocycles. The van der Waals surface area contributed by atoms with Gasteiger partial charge < -0.3 is 5.32 Å². The highest BCUT2D eigenvalue weighted by molar-refractivity contribution is 7.99. The molecule has 0 bridgehead atoms. The topological polar surface area (TPSA) is 24.9 Å². The van der Waals surface area contributed by atoms with Crippen LogP contribution in [0, 0.1) is 0 Å². The van der Waals surface area contributed by atoms with Crippen LogP contribution in [0.3, 0.4) is 0 Å². The molecule has 1 aliphatic rings. The van der Waals surface area contributed by atoms with E-state index >= 15 is 0 Å². The van der Waals surface area contributed by atoms with Crippen molar-refractivity contribution in [3.63, 3.8) is 0 Å². The molecule has 1 heterocycles. The van der Waals surface area contributed by atoms with Gasteiger partial charge in [-0.3, -0.25) is 4.98 Å². The van der Waals surface area contributed by atoms with E-state index in [1.165, 1.54) is 40.2 Å². The number of hydrogen-bond acceptors (Lipinski definition) is 3. The molecule has 2 nitrogen and oxygen atoms in total. The monoisotopic (exact) mass is 284 g/mol. The molecule has 1 unspecified atom stereocenters. The Kier molecular flexibility index (Phi) is 4.08. The molecule has 0 radical (unpaired) electrons. The molecule has 0 saturated carbocycles. The van der Waals surface area contributed by atoms with E-state index in [1.807, 2.05) is 13.2 Å². The van der Waals surface area contributed by atoms with Crippen LogP contribution in [0.2, 0.25) is 0 Å². The molecule has 0 amide bonds. The Bertz CT molecular complexity index is 592. The van der Waals surface area contributed by atoms with Crippen molar-refractivity contribution >= 4 is 11.8 Å². The van der Waals surface area contributed by atoms with Crippen LogP contribution in [0.15, 0.2) is 46.3 Å². The zero-order valence-corrected chi connectivity index (χ0v) is 12.8. The molecule has 20 heavy (non-hydrogen) atoms. The third-order valence-corrected chi connectivity index (χ3v) is 4.91. The molecule has 1 aliphatic carbocycles. The molecule has 1 atom stereocenters. The number of rotatable bonds is 4. The van der Waals surface area contributed by atoms with Gasteiger partial charge in [0.25, 0.3) is 0 Å². The van der Waals surface area contributed by atoms with Crippen molar-refractivity contribution in [3.8, 4) is 0 Å². The number of fused-ring (bicyclic) bond motifs is 1. The second kappa shape index (κ2) is 5.98. The standard InChI is InChI=1S/C17H20N2S/c1-12(18-2)17-9-8-16(11-19-17)20-15-7-6-13-4-3-5-14(13)10-15/h6-12,18H,3-5H2,1-2H3. The molecule has 0 fully saturated rings. The Morgan fingerprint density at radius 3 is 2.65 bits per heavy atom. The van der Waals surface area contributed by atoms with Gasteiger partial charge in [0, 0.05) is 22.0 Å². The van der Waals surface area contributed by atoms with Gasteiger partial charge in [-0.15, -0.1) is 0 Å². The fourth-order valence-electron chi connectivity index (χ4n) is 2.60. The third kappa shape index (κ3) is 2.89. The van der Waals surface area contributed by atoms with Crippen LogP contribution in [0.4, 0.5) is 0 Å². The van der Waals surface area contributed by atoms with Crippen LogP contribution in [0.5, 0.6) is 0 Å². The van der Waals surface area contributed by atoms with Gasteiger partial charge in [-0.05, 0) is 68.6 Å². The number of nitrogens with one attached hydrogen (secondary N) is 1. The molecule has 0 aliphatic heterocycles. The van der Waals surface area contributed by atoms with Crippen molar-refractivity contribution in [3.05, 3.63) is 53.3 Å². The first-order valence-corrected chi connectivity index (χ1v) is 8.01. The molecule has 0 spiro atoms. The van der Waals surface area contributed by atoms with Gasteiger partial charge in [-0.25, -0.2) is 0 Å². The van der Waals surface area contributed by atoms with Crippen LogP contribution < -0.4 is 5.32 Å². The average molecular weight is 284 g/mol.